The second-order valence-electron chi connectivity index (χ2n) is 6.62. The van der Waals surface area contributed by atoms with Gasteiger partial charge in [0.25, 0.3) is 10.0 Å². The number of nitrogens with two attached hydrogens (primary N) is 1. The minimum Gasteiger partial charge on any atom is -0.348 e. The smallest absolute Gasteiger partial charge is 0.250 e. The highest BCUT2D eigenvalue weighted by Crippen LogP contribution is 2.19. The largest absolute Gasteiger partial charge is 0.348 e. The van der Waals surface area contributed by atoms with Crippen LogP contribution < -0.4 is 15.2 Å². The van der Waals surface area contributed by atoms with Gasteiger partial charge in [0.05, 0.1) is 10.9 Å². The molecule has 0 fully saturated rings. The van der Waals surface area contributed by atoms with E-state index in [2.05, 4.69) is 10.0 Å². The second kappa shape index (κ2) is 8.70. The Balaban J connectivity index is 2.13. The van der Waals surface area contributed by atoms with E-state index >= 15 is 0 Å². The third kappa shape index (κ3) is 5.61. The molecule has 2 aromatic rings. The number of amides is 1. The average molecular weight is 446 g/mol. The number of thiophene rings is 1. The highest BCUT2D eigenvalue weighted by molar-refractivity contribution is 7.91. The first-order valence-electron chi connectivity index (χ1n) is 8.41. The van der Waals surface area contributed by atoms with E-state index in [0.717, 1.165) is 11.3 Å². The van der Waals surface area contributed by atoms with Crippen molar-refractivity contribution in [3.05, 3.63) is 47.3 Å². The maximum absolute atomic E-state index is 12.7. The van der Waals surface area contributed by atoms with Gasteiger partial charge in [-0.15, -0.1) is 11.3 Å². The van der Waals surface area contributed by atoms with E-state index in [4.69, 9.17) is 5.14 Å². The number of hydrogen-bond donors (Lipinski definition) is 3. The fourth-order valence-corrected chi connectivity index (χ4v) is 5.34. The molecule has 154 valence electrons. The van der Waals surface area contributed by atoms with Crippen molar-refractivity contribution < 1.29 is 21.6 Å². The van der Waals surface area contributed by atoms with Crippen molar-refractivity contribution in [2.75, 3.05) is 0 Å². The fourth-order valence-electron chi connectivity index (χ4n) is 2.47. The number of carbonyl (C=O) groups is 1. The number of hydrogen-bond acceptors (Lipinski definition) is 6. The van der Waals surface area contributed by atoms with Crippen LogP contribution in [0.15, 0.2) is 50.9 Å². The van der Waals surface area contributed by atoms with Crippen molar-refractivity contribution in [3.63, 3.8) is 0 Å². The van der Waals surface area contributed by atoms with Crippen LogP contribution in [0.4, 0.5) is 0 Å². The van der Waals surface area contributed by atoms with Gasteiger partial charge < -0.3 is 5.32 Å². The first kappa shape index (κ1) is 22.5. The Kier molecular flexibility index (Phi) is 6.99. The molecule has 0 saturated heterocycles. The number of nitrogens with one attached hydrogen (secondary N) is 2. The Labute approximate surface area is 169 Å². The second-order valence-corrected chi connectivity index (χ2v) is 11.1. The molecule has 0 saturated carbocycles. The molecule has 2 rings (SSSR count). The van der Waals surface area contributed by atoms with E-state index in [1.54, 1.807) is 44.4 Å². The lowest BCUT2D eigenvalue weighted by Crippen LogP contribution is -2.49. The lowest BCUT2D eigenvalue weighted by molar-refractivity contribution is -0.124. The van der Waals surface area contributed by atoms with Gasteiger partial charge >= 0.3 is 0 Å². The summed E-state index contributed by atoms with van der Waals surface area (Å²) in [4.78, 5) is 12.7. The summed E-state index contributed by atoms with van der Waals surface area (Å²) in [5.74, 6) is -0.759. The van der Waals surface area contributed by atoms with Gasteiger partial charge in [-0.25, -0.2) is 22.0 Å². The van der Waals surface area contributed by atoms with Crippen molar-refractivity contribution in [2.24, 2.45) is 11.1 Å². The zero-order valence-corrected chi connectivity index (χ0v) is 18.1. The summed E-state index contributed by atoms with van der Waals surface area (Å²) in [5.41, 5.74) is 0.657. The van der Waals surface area contributed by atoms with Gasteiger partial charge in [-0.05, 0) is 42.0 Å². The van der Waals surface area contributed by atoms with E-state index in [-0.39, 0.29) is 15.0 Å². The molecule has 0 aliphatic heterocycles. The van der Waals surface area contributed by atoms with Crippen LogP contribution in [0, 0.1) is 5.92 Å². The summed E-state index contributed by atoms with van der Waals surface area (Å²) in [6.45, 7) is 5.20. The van der Waals surface area contributed by atoms with Gasteiger partial charge in [0.1, 0.15) is 10.3 Å². The molecular formula is C17H23N3O5S3. The van der Waals surface area contributed by atoms with Crippen LogP contribution >= 0.6 is 11.3 Å². The number of sulfonamides is 2. The molecule has 0 aliphatic rings. The average Bonchev–Trinajstić information content (AvgIpc) is 3.14. The Morgan fingerprint density at radius 2 is 1.64 bits per heavy atom. The predicted molar refractivity (Wildman–Crippen MR) is 108 cm³/mol. The molecule has 1 aromatic heterocycles. The van der Waals surface area contributed by atoms with Crippen molar-refractivity contribution in [3.8, 4) is 0 Å². The van der Waals surface area contributed by atoms with Crippen molar-refractivity contribution in [2.45, 2.75) is 42.0 Å². The van der Waals surface area contributed by atoms with Crippen molar-refractivity contribution in [1.29, 1.82) is 0 Å². The summed E-state index contributed by atoms with van der Waals surface area (Å²) >= 11 is 1.07. The Hall–Kier alpha value is -1.79. The maximum atomic E-state index is 12.7. The zero-order chi connectivity index (χ0) is 21.1. The Bertz CT molecular complexity index is 1010. The highest BCUT2D eigenvalue weighted by Gasteiger charge is 2.29. The van der Waals surface area contributed by atoms with Crippen molar-refractivity contribution in [1.82, 2.24) is 10.0 Å². The van der Waals surface area contributed by atoms with Gasteiger partial charge in [0.2, 0.25) is 15.9 Å². The number of benzene rings is 1. The summed E-state index contributed by atoms with van der Waals surface area (Å²) < 4.78 is 50.2. The minimum absolute atomic E-state index is 0.0291. The summed E-state index contributed by atoms with van der Waals surface area (Å²) in [6, 6.07) is 7.47. The standard InChI is InChI=1S/C17H23N3O5S3/c1-11(2)16(20-28(24,25)15-5-4-10-26-15)17(21)19-12(3)13-6-8-14(9-7-13)27(18,22)23/h4-12,16,20H,1-3H3,(H,19,21)(H2,18,22,23)/t12-,16+/m0/s1. The number of carbonyl (C=O) groups excluding carboxylic acids is 1. The lowest BCUT2D eigenvalue weighted by Gasteiger charge is -2.24. The predicted octanol–water partition coefficient (Wildman–Crippen LogP) is 1.58. The molecule has 2 atom stereocenters. The monoisotopic (exact) mass is 445 g/mol. The quantitative estimate of drug-likeness (QED) is 0.567. The van der Waals surface area contributed by atoms with Crippen LogP contribution in [0.5, 0.6) is 0 Å². The molecule has 28 heavy (non-hydrogen) atoms. The molecule has 1 aromatic carbocycles. The van der Waals surface area contributed by atoms with Crippen LogP contribution in [0.3, 0.4) is 0 Å². The van der Waals surface area contributed by atoms with Crippen LogP contribution in [-0.2, 0) is 24.8 Å². The summed E-state index contributed by atoms with van der Waals surface area (Å²) in [6.07, 6.45) is 0. The van der Waals surface area contributed by atoms with Gasteiger partial charge in [-0.1, -0.05) is 32.0 Å². The summed E-state index contributed by atoms with van der Waals surface area (Å²) in [5, 5.41) is 9.48. The van der Waals surface area contributed by atoms with E-state index in [0.29, 0.717) is 5.56 Å². The molecule has 8 nitrogen and oxygen atoms in total. The van der Waals surface area contributed by atoms with E-state index in [1.165, 1.54) is 18.2 Å². The number of rotatable bonds is 8. The van der Waals surface area contributed by atoms with Crippen LogP contribution in [0.25, 0.3) is 0 Å². The van der Waals surface area contributed by atoms with E-state index < -0.39 is 38.0 Å². The molecule has 0 unspecified atom stereocenters. The van der Waals surface area contributed by atoms with E-state index in [1.807, 2.05) is 0 Å². The maximum Gasteiger partial charge on any atom is 0.250 e. The zero-order valence-electron chi connectivity index (χ0n) is 15.6. The van der Waals surface area contributed by atoms with Crippen LogP contribution in [0.2, 0.25) is 0 Å². The Morgan fingerprint density at radius 3 is 2.11 bits per heavy atom. The van der Waals surface area contributed by atoms with Gasteiger partial charge in [-0.3, -0.25) is 4.79 Å². The topological polar surface area (TPSA) is 135 Å². The van der Waals surface area contributed by atoms with Gasteiger partial charge in [-0.2, -0.15) is 4.72 Å². The van der Waals surface area contributed by atoms with Crippen LogP contribution in [0.1, 0.15) is 32.4 Å². The number of primary sulfonamides is 1. The molecule has 0 spiro atoms. The molecule has 0 bridgehead atoms. The molecule has 4 N–H and O–H groups in total. The SMILES string of the molecule is CC(C)[C@@H](NS(=O)(=O)c1cccs1)C(=O)N[C@@H](C)c1ccc(S(N)(=O)=O)cc1. The Morgan fingerprint density at radius 1 is 1.04 bits per heavy atom. The third-order valence-corrected chi connectivity index (χ3v) is 7.83. The first-order valence-corrected chi connectivity index (χ1v) is 12.3. The first-order chi connectivity index (χ1) is 12.9. The lowest BCUT2D eigenvalue weighted by atomic mass is 10.0. The molecule has 0 radical (unpaired) electrons. The van der Waals surface area contributed by atoms with Crippen molar-refractivity contribution >= 4 is 37.3 Å². The van der Waals surface area contributed by atoms with Gasteiger partial charge in [0, 0.05) is 0 Å². The van der Waals surface area contributed by atoms with Crippen LogP contribution in [-0.4, -0.2) is 28.8 Å². The van der Waals surface area contributed by atoms with E-state index in [9.17, 15) is 21.6 Å². The highest BCUT2D eigenvalue weighted by atomic mass is 32.2. The molecule has 1 amide bonds. The fraction of sp³-hybridized carbons (Fsp3) is 0.353. The molecule has 0 aliphatic carbocycles. The third-order valence-electron chi connectivity index (χ3n) is 4.06. The molecular weight excluding hydrogens is 422 g/mol. The molecule has 1 heterocycles. The normalized spacial score (nSPS) is 14.6. The molecule has 11 heteroatoms. The minimum atomic E-state index is -3.80. The van der Waals surface area contributed by atoms with Gasteiger partial charge in [0.15, 0.2) is 0 Å². The summed E-state index contributed by atoms with van der Waals surface area (Å²) in [7, 11) is -7.60.